The number of benzene rings is 2. The molecule has 0 radical (unpaired) electrons. The van der Waals surface area contributed by atoms with E-state index in [2.05, 4.69) is 51.6 Å². The first-order valence-electron chi connectivity index (χ1n) is 9.50. The third-order valence-corrected chi connectivity index (χ3v) is 6.32. The quantitative estimate of drug-likeness (QED) is 0.609. The molecule has 0 aliphatic carbocycles. The van der Waals surface area contributed by atoms with Crippen LogP contribution in [0.15, 0.2) is 53.1 Å². The lowest BCUT2D eigenvalue weighted by Gasteiger charge is -2.32. The standard InChI is InChI=1S/C22H19BrN4O2/c1-12(2)13-3-8-18-16(9-13)22(21(29)25-18)10-19(28)26-20-17(22)11-24-27(20)15-6-4-14(23)5-7-15/h3-9,11-12H,10H2,1-2H3,(H,25,29)(H,26,28)/t22-/m1/s1. The second-order valence-corrected chi connectivity index (χ2v) is 8.75. The van der Waals surface area contributed by atoms with Gasteiger partial charge in [0.25, 0.3) is 0 Å². The topological polar surface area (TPSA) is 76.0 Å². The van der Waals surface area contributed by atoms with E-state index in [1.54, 1.807) is 10.9 Å². The highest BCUT2D eigenvalue weighted by Crippen LogP contribution is 2.50. The number of aromatic nitrogens is 2. The molecule has 3 aromatic rings. The van der Waals surface area contributed by atoms with Crippen LogP contribution in [-0.2, 0) is 15.0 Å². The molecule has 0 fully saturated rings. The van der Waals surface area contributed by atoms with Crippen LogP contribution in [-0.4, -0.2) is 21.6 Å². The Balaban J connectivity index is 1.74. The third kappa shape index (κ3) is 2.57. The molecule has 7 heteroatoms. The summed E-state index contributed by atoms with van der Waals surface area (Å²) in [6, 6.07) is 13.7. The molecule has 3 heterocycles. The van der Waals surface area contributed by atoms with Gasteiger partial charge < -0.3 is 10.6 Å². The molecule has 2 aliphatic heterocycles. The van der Waals surface area contributed by atoms with Gasteiger partial charge in [-0.25, -0.2) is 4.68 Å². The van der Waals surface area contributed by atoms with Crippen LogP contribution in [0, 0.1) is 0 Å². The number of carbonyl (C=O) groups excluding carboxylic acids is 2. The Morgan fingerprint density at radius 1 is 1.07 bits per heavy atom. The largest absolute Gasteiger partial charge is 0.325 e. The van der Waals surface area contributed by atoms with E-state index in [0.717, 1.165) is 32.5 Å². The summed E-state index contributed by atoms with van der Waals surface area (Å²) < 4.78 is 2.63. The fourth-order valence-corrected chi connectivity index (χ4v) is 4.51. The number of anilines is 2. The van der Waals surface area contributed by atoms with Crippen molar-refractivity contribution in [1.82, 2.24) is 9.78 Å². The lowest BCUT2D eigenvalue weighted by Crippen LogP contribution is -2.43. The molecule has 1 aromatic heterocycles. The number of nitrogens with zero attached hydrogens (tertiary/aromatic N) is 2. The second-order valence-electron chi connectivity index (χ2n) is 7.84. The Bertz CT molecular complexity index is 1170. The van der Waals surface area contributed by atoms with Gasteiger partial charge in [0.1, 0.15) is 11.2 Å². The Kier molecular flexibility index (Phi) is 3.93. The molecule has 29 heavy (non-hydrogen) atoms. The average Bonchev–Trinajstić information content (AvgIpc) is 3.22. The van der Waals surface area contributed by atoms with Crippen LogP contribution in [0.3, 0.4) is 0 Å². The maximum atomic E-state index is 13.3. The van der Waals surface area contributed by atoms with Crippen molar-refractivity contribution >= 4 is 39.2 Å². The zero-order valence-electron chi connectivity index (χ0n) is 16.0. The van der Waals surface area contributed by atoms with Crippen molar-refractivity contribution in [3.63, 3.8) is 0 Å². The molecule has 1 atom stereocenters. The zero-order chi connectivity index (χ0) is 20.3. The van der Waals surface area contributed by atoms with Crippen LogP contribution in [0.2, 0.25) is 0 Å². The fourth-order valence-electron chi connectivity index (χ4n) is 4.25. The molecule has 2 aliphatic rings. The number of hydrogen-bond acceptors (Lipinski definition) is 3. The van der Waals surface area contributed by atoms with Gasteiger partial charge in [0.05, 0.1) is 11.9 Å². The zero-order valence-corrected chi connectivity index (χ0v) is 17.6. The summed E-state index contributed by atoms with van der Waals surface area (Å²) in [6.45, 7) is 4.23. The van der Waals surface area contributed by atoms with Crippen molar-refractivity contribution in [3.05, 3.63) is 69.8 Å². The number of nitrogens with one attached hydrogen (secondary N) is 2. The number of hydrogen-bond donors (Lipinski definition) is 2. The molecular weight excluding hydrogens is 432 g/mol. The molecule has 5 rings (SSSR count). The SMILES string of the molecule is CC(C)c1ccc2c(c1)[C@@]1(CC(=O)Nc3c1cnn3-c1ccc(Br)cc1)C(=O)N2. The first-order chi connectivity index (χ1) is 13.9. The van der Waals surface area contributed by atoms with Crippen molar-refractivity contribution in [2.24, 2.45) is 0 Å². The number of amides is 2. The van der Waals surface area contributed by atoms with Gasteiger partial charge in [-0.3, -0.25) is 9.59 Å². The summed E-state index contributed by atoms with van der Waals surface area (Å²) >= 11 is 3.43. The second kappa shape index (κ2) is 6.29. The maximum Gasteiger partial charge on any atom is 0.240 e. The van der Waals surface area contributed by atoms with E-state index in [9.17, 15) is 9.59 Å². The van der Waals surface area contributed by atoms with Gasteiger partial charge >= 0.3 is 0 Å². The highest BCUT2D eigenvalue weighted by atomic mass is 79.9. The Labute approximate surface area is 176 Å². The third-order valence-electron chi connectivity index (χ3n) is 5.79. The number of rotatable bonds is 2. The van der Waals surface area contributed by atoms with Gasteiger partial charge in [0.2, 0.25) is 11.8 Å². The van der Waals surface area contributed by atoms with E-state index in [1.165, 1.54) is 0 Å². The van der Waals surface area contributed by atoms with E-state index in [4.69, 9.17) is 0 Å². The van der Waals surface area contributed by atoms with Gasteiger partial charge in [-0.05, 0) is 47.4 Å². The Morgan fingerprint density at radius 3 is 2.55 bits per heavy atom. The summed E-state index contributed by atoms with van der Waals surface area (Å²) in [5.74, 6) is 0.478. The van der Waals surface area contributed by atoms with Gasteiger partial charge in [-0.1, -0.05) is 41.9 Å². The van der Waals surface area contributed by atoms with Crippen molar-refractivity contribution < 1.29 is 9.59 Å². The average molecular weight is 451 g/mol. The lowest BCUT2D eigenvalue weighted by molar-refractivity contribution is -0.125. The summed E-state index contributed by atoms with van der Waals surface area (Å²) in [5.41, 5.74) is 3.20. The highest BCUT2D eigenvalue weighted by molar-refractivity contribution is 9.10. The monoisotopic (exact) mass is 450 g/mol. The van der Waals surface area contributed by atoms with E-state index in [0.29, 0.717) is 11.7 Å². The molecule has 0 unspecified atom stereocenters. The van der Waals surface area contributed by atoms with Crippen molar-refractivity contribution in [3.8, 4) is 5.69 Å². The van der Waals surface area contributed by atoms with Crippen LogP contribution < -0.4 is 10.6 Å². The summed E-state index contributed by atoms with van der Waals surface area (Å²) in [6.07, 6.45) is 1.76. The normalized spacial score (nSPS) is 19.9. The van der Waals surface area contributed by atoms with E-state index < -0.39 is 5.41 Å². The predicted molar refractivity (Wildman–Crippen MR) is 114 cm³/mol. The van der Waals surface area contributed by atoms with Crippen LogP contribution in [0.25, 0.3) is 5.69 Å². The van der Waals surface area contributed by atoms with Gasteiger partial charge in [-0.15, -0.1) is 0 Å². The first-order valence-corrected chi connectivity index (χ1v) is 10.3. The van der Waals surface area contributed by atoms with Crippen LogP contribution >= 0.6 is 15.9 Å². The van der Waals surface area contributed by atoms with Gasteiger partial charge in [0, 0.05) is 22.1 Å². The Morgan fingerprint density at radius 2 is 1.83 bits per heavy atom. The first kappa shape index (κ1) is 18.1. The maximum absolute atomic E-state index is 13.3. The number of fused-ring (bicyclic) bond motifs is 4. The van der Waals surface area contributed by atoms with Crippen LogP contribution in [0.5, 0.6) is 0 Å². The molecule has 6 nitrogen and oxygen atoms in total. The van der Waals surface area contributed by atoms with Crippen molar-refractivity contribution in [1.29, 1.82) is 0 Å². The molecule has 2 aromatic carbocycles. The summed E-state index contributed by atoms with van der Waals surface area (Å²) in [7, 11) is 0. The minimum atomic E-state index is -1.06. The molecule has 1 spiro atoms. The smallest absolute Gasteiger partial charge is 0.240 e. The minimum Gasteiger partial charge on any atom is -0.325 e. The van der Waals surface area contributed by atoms with E-state index in [1.807, 2.05) is 36.4 Å². The van der Waals surface area contributed by atoms with Crippen molar-refractivity contribution in [2.45, 2.75) is 31.6 Å². The van der Waals surface area contributed by atoms with E-state index in [-0.39, 0.29) is 18.2 Å². The minimum absolute atomic E-state index is 0.0619. The molecule has 0 bridgehead atoms. The molecule has 146 valence electrons. The number of halogens is 1. The fraction of sp³-hybridized carbons (Fsp3) is 0.227. The van der Waals surface area contributed by atoms with Crippen LogP contribution in [0.1, 0.15) is 42.9 Å². The van der Waals surface area contributed by atoms with Gasteiger partial charge in [-0.2, -0.15) is 5.10 Å². The number of carbonyl (C=O) groups is 2. The summed E-state index contributed by atoms with van der Waals surface area (Å²) in [5, 5.41) is 10.4. The van der Waals surface area contributed by atoms with Crippen molar-refractivity contribution in [2.75, 3.05) is 10.6 Å². The molecule has 2 amide bonds. The molecule has 0 saturated carbocycles. The summed E-state index contributed by atoms with van der Waals surface area (Å²) in [4.78, 5) is 26.0. The van der Waals surface area contributed by atoms with Gasteiger partial charge in [0.15, 0.2) is 0 Å². The van der Waals surface area contributed by atoms with Crippen LogP contribution in [0.4, 0.5) is 11.5 Å². The van der Waals surface area contributed by atoms with E-state index >= 15 is 0 Å². The Hall–Kier alpha value is -2.93. The highest BCUT2D eigenvalue weighted by Gasteiger charge is 2.54. The molecule has 2 N–H and O–H groups in total. The lowest BCUT2D eigenvalue weighted by atomic mass is 9.71. The molecule has 0 saturated heterocycles. The molecular formula is C22H19BrN4O2. The predicted octanol–water partition coefficient (Wildman–Crippen LogP) is 4.34.